The molecule has 0 radical (unpaired) electrons. The molecule has 1 heterocycles. The van der Waals surface area contributed by atoms with Gasteiger partial charge in [-0.15, -0.1) is 0 Å². The van der Waals surface area contributed by atoms with Crippen molar-refractivity contribution in [1.29, 1.82) is 0 Å². The molecule has 0 bridgehead atoms. The predicted molar refractivity (Wildman–Crippen MR) is 98.9 cm³/mol. The van der Waals surface area contributed by atoms with E-state index in [1.165, 1.54) is 6.07 Å². The van der Waals surface area contributed by atoms with Crippen LogP contribution in [0.4, 0.5) is 15.9 Å². The fourth-order valence-electron chi connectivity index (χ4n) is 2.37. The van der Waals surface area contributed by atoms with Crippen LogP contribution in [0.25, 0.3) is 0 Å². The smallest absolute Gasteiger partial charge is 0.255 e. The molecule has 5 nitrogen and oxygen atoms in total. The fraction of sp³-hybridized carbons (Fsp3) is 0.100. The lowest BCUT2D eigenvalue weighted by atomic mass is 10.2. The number of anilines is 2. The molecular formula is C20H18FN3O2. The molecule has 2 aromatic carbocycles. The Morgan fingerprint density at radius 3 is 2.69 bits per heavy atom. The summed E-state index contributed by atoms with van der Waals surface area (Å²) in [5.74, 6) is 0.691. The Morgan fingerprint density at radius 2 is 1.96 bits per heavy atom. The number of nitrogens with zero attached hydrogens (tertiary/aromatic N) is 1. The van der Waals surface area contributed by atoms with Gasteiger partial charge in [0.25, 0.3) is 5.91 Å². The van der Waals surface area contributed by atoms with Crippen LogP contribution in [-0.4, -0.2) is 18.0 Å². The normalized spacial score (nSPS) is 10.2. The number of halogens is 1. The molecule has 0 saturated carbocycles. The second-order valence-electron chi connectivity index (χ2n) is 5.56. The number of carbonyl (C=O) groups is 1. The highest BCUT2D eigenvalue weighted by molar-refractivity contribution is 6.04. The van der Waals surface area contributed by atoms with Gasteiger partial charge in [-0.05, 0) is 36.4 Å². The number of methoxy groups -OCH3 is 1. The predicted octanol–water partition coefficient (Wildman–Crippen LogP) is 4.09. The maximum Gasteiger partial charge on any atom is 0.255 e. The van der Waals surface area contributed by atoms with E-state index in [1.807, 2.05) is 0 Å². The van der Waals surface area contributed by atoms with E-state index >= 15 is 0 Å². The van der Waals surface area contributed by atoms with E-state index in [2.05, 4.69) is 15.6 Å². The Hall–Kier alpha value is -3.41. The summed E-state index contributed by atoms with van der Waals surface area (Å²) in [5.41, 5.74) is 1.62. The minimum Gasteiger partial charge on any atom is -0.497 e. The molecule has 132 valence electrons. The quantitative estimate of drug-likeness (QED) is 0.702. The molecule has 0 saturated heterocycles. The lowest BCUT2D eigenvalue weighted by Crippen LogP contribution is -2.12. The molecule has 3 aromatic rings. The highest BCUT2D eigenvalue weighted by Gasteiger charge is 2.08. The van der Waals surface area contributed by atoms with Crippen LogP contribution >= 0.6 is 0 Å². The third-order valence-corrected chi connectivity index (χ3v) is 3.77. The van der Waals surface area contributed by atoms with Crippen molar-refractivity contribution in [3.63, 3.8) is 0 Å². The maximum absolute atomic E-state index is 13.6. The summed E-state index contributed by atoms with van der Waals surface area (Å²) in [6, 6.07) is 16.9. The summed E-state index contributed by atoms with van der Waals surface area (Å²) in [7, 11) is 1.55. The summed E-state index contributed by atoms with van der Waals surface area (Å²) in [4.78, 5) is 16.5. The van der Waals surface area contributed by atoms with Gasteiger partial charge < -0.3 is 15.4 Å². The van der Waals surface area contributed by atoms with Crippen molar-refractivity contribution in [2.24, 2.45) is 0 Å². The molecule has 0 aliphatic rings. The monoisotopic (exact) mass is 351 g/mol. The van der Waals surface area contributed by atoms with Gasteiger partial charge in [0, 0.05) is 17.7 Å². The van der Waals surface area contributed by atoms with Crippen LogP contribution in [0.5, 0.6) is 5.75 Å². The molecule has 0 spiro atoms. The number of hydrogen-bond acceptors (Lipinski definition) is 4. The third kappa shape index (κ3) is 4.36. The van der Waals surface area contributed by atoms with Gasteiger partial charge in [0.1, 0.15) is 17.4 Å². The van der Waals surface area contributed by atoms with Gasteiger partial charge in [-0.2, -0.15) is 0 Å². The number of rotatable bonds is 6. The SMILES string of the molecule is COc1cccc(C(=O)Nc2ccc(NCc3ccccc3F)nc2)c1. The minimum atomic E-state index is -0.262. The van der Waals surface area contributed by atoms with Gasteiger partial charge in [-0.1, -0.05) is 24.3 Å². The molecule has 3 rings (SSSR count). The first-order chi connectivity index (χ1) is 12.7. The first-order valence-electron chi connectivity index (χ1n) is 8.04. The molecule has 6 heteroatoms. The Balaban J connectivity index is 1.60. The standard InChI is InChI=1S/C20H18FN3O2/c1-26-17-7-4-6-14(11-17)20(25)24-16-9-10-19(23-13-16)22-12-15-5-2-3-8-18(15)21/h2-11,13H,12H2,1H3,(H,22,23)(H,24,25). The number of hydrogen-bond donors (Lipinski definition) is 2. The zero-order valence-electron chi connectivity index (χ0n) is 14.2. The summed E-state index contributed by atoms with van der Waals surface area (Å²) in [6.45, 7) is 0.329. The second kappa shape index (κ2) is 8.11. The molecule has 0 atom stereocenters. The number of amides is 1. The average molecular weight is 351 g/mol. The Labute approximate surface area is 150 Å². The van der Waals surface area contributed by atoms with E-state index in [0.717, 1.165) is 0 Å². The van der Waals surface area contributed by atoms with Gasteiger partial charge in [-0.25, -0.2) is 9.37 Å². The Kier molecular flexibility index (Phi) is 5.43. The molecular weight excluding hydrogens is 333 g/mol. The highest BCUT2D eigenvalue weighted by Crippen LogP contribution is 2.16. The van der Waals surface area contributed by atoms with E-state index in [0.29, 0.717) is 34.9 Å². The van der Waals surface area contributed by atoms with E-state index in [-0.39, 0.29) is 11.7 Å². The Morgan fingerprint density at radius 1 is 1.12 bits per heavy atom. The molecule has 2 N–H and O–H groups in total. The van der Waals surface area contributed by atoms with Gasteiger partial charge >= 0.3 is 0 Å². The lowest BCUT2D eigenvalue weighted by molar-refractivity contribution is 0.102. The van der Waals surface area contributed by atoms with Crippen LogP contribution in [-0.2, 0) is 6.54 Å². The zero-order chi connectivity index (χ0) is 18.4. The molecule has 26 heavy (non-hydrogen) atoms. The van der Waals surface area contributed by atoms with Crippen LogP contribution in [0.2, 0.25) is 0 Å². The van der Waals surface area contributed by atoms with Crippen molar-refractivity contribution in [2.45, 2.75) is 6.54 Å². The summed E-state index contributed by atoms with van der Waals surface area (Å²) in [5, 5.41) is 5.82. The number of nitrogens with one attached hydrogen (secondary N) is 2. The zero-order valence-corrected chi connectivity index (χ0v) is 14.2. The van der Waals surface area contributed by atoms with Gasteiger partial charge in [-0.3, -0.25) is 4.79 Å². The lowest BCUT2D eigenvalue weighted by Gasteiger charge is -2.09. The van der Waals surface area contributed by atoms with Crippen LogP contribution in [0, 0.1) is 5.82 Å². The molecule has 0 aliphatic carbocycles. The topological polar surface area (TPSA) is 63.2 Å². The summed E-state index contributed by atoms with van der Waals surface area (Å²) >= 11 is 0. The maximum atomic E-state index is 13.6. The molecule has 0 aliphatic heterocycles. The highest BCUT2D eigenvalue weighted by atomic mass is 19.1. The van der Waals surface area contributed by atoms with E-state index in [4.69, 9.17) is 4.74 Å². The fourth-order valence-corrected chi connectivity index (χ4v) is 2.37. The van der Waals surface area contributed by atoms with E-state index < -0.39 is 0 Å². The van der Waals surface area contributed by atoms with Crippen LogP contribution in [0.1, 0.15) is 15.9 Å². The third-order valence-electron chi connectivity index (χ3n) is 3.77. The molecule has 0 unspecified atom stereocenters. The second-order valence-corrected chi connectivity index (χ2v) is 5.56. The largest absolute Gasteiger partial charge is 0.497 e. The van der Waals surface area contributed by atoms with Crippen LogP contribution in [0.3, 0.4) is 0 Å². The molecule has 0 fully saturated rings. The van der Waals surface area contributed by atoms with Crippen LogP contribution in [0.15, 0.2) is 66.9 Å². The molecule has 1 aromatic heterocycles. The van der Waals surface area contributed by atoms with E-state index in [1.54, 1.807) is 67.9 Å². The summed E-state index contributed by atoms with van der Waals surface area (Å²) < 4.78 is 18.7. The van der Waals surface area contributed by atoms with Crippen molar-refractivity contribution in [3.05, 3.63) is 83.8 Å². The van der Waals surface area contributed by atoms with Crippen molar-refractivity contribution in [2.75, 3.05) is 17.7 Å². The minimum absolute atomic E-state index is 0.252. The number of ether oxygens (including phenoxy) is 1. The number of carbonyl (C=O) groups excluding carboxylic acids is 1. The van der Waals surface area contributed by atoms with Crippen molar-refractivity contribution < 1.29 is 13.9 Å². The van der Waals surface area contributed by atoms with E-state index in [9.17, 15) is 9.18 Å². The average Bonchev–Trinajstić information content (AvgIpc) is 2.68. The molecule has 1 amide bonds. The number of pyridine rings is 1. The van der Waals surface area contributed by atoms with Crippen molar-refractivity contribution in [1.82, 2.24) is 4.98 Å². The van der Waals surface area contributed by atoms with Crippen molar-refractivity contribution >= 4 is 17.4 Å². The Bertz CT molecular complexity index is 898. The number of aromatic nitrogens is 1. The number of benzene rings is 2. The first-order valence-corrected chi connectivity index (χ1v) is 8.04. The van der Waals surface area contributed by atoms with Gasteiger partial charge in [0.05, 0.1) is 19.0 Å². The van der Waals surface area contributed by atoms with Crippen LogP contribution < -0.4 is 15.4 Å². The van der Waals surface area contributed by atoms with Gasteiger partial charge in [0.2, 0.25) is 0 Å². The van der Waals surface area contributed by atoms with Crippen molar-refractivity contribution in [3.8, 4) is 5.75 Å². The van der Waals surface area contributed by atoms with Gasteiger partial charge in [0.15, 0.2) is 0 Å². The summed E-state index contributed by atoms with van der Waals surface area (Å²) in [6.07, 6.45) is 1.54. The first kappa shape index (κ1) is 17.4.